The summed E-state index contributed by atoms with van der Waals surface area (Å²) in [6, 6.07) is 10.5. The van der Waals surface area contributed by atoms with Gasteiger partial charge < -0.3 is 0 Å². The van der Waals surface area contributed by atoms with Crippen LogP contribution in [0.15, 0.2) is 60.1 Å². The van der Waals surface area contributed by atoms with Crippen molar-refractivity contribution in [3.63, 3.8) is 0 Å². The number of imidazole rings is 1. The van der Waals surface area contributed by atoms with Gasteiger partial charge in [0.1, 0.15) is 23.3 Å². The van der Waals surface area contributed by atoms with Crippen molar-refractivity contribution in [3.05, 3.63) is 77.2 Å². The summed E-state index contributed by atoms with van der Waals surface area (Å²) >= 11 is 6.38. The number of amides is 1. The smallest absolute Gasteiger partial charge is 0.276 e. The molecule has 0 bridgehead atoms. The molecule has 1 atom stereocenters. The Balaban J connectivity index is 1.68. The molecule has 1 aliphatic rings. The lowest BCUT2D eigenvalue weighted by atomic mass is 10.2. The van der Waals surface area contributed by atoms with Crippen LogP contribution >= 0.6 is 11.6 Å². The molecule has 0 spiro atoms. The van der Waals surface area contributed by atoms with E-state index in [1.807, 2.05) is 19.9 Å². The Hall–Kier alpha value is -3.85. The quantitative estimate of drug-likeness (QED) is 0.509. The molecule has 1 N–H and O–H groups in total. The first-order valence-corrected chi connectivity index (χ1v) is 10.2. The number of para-hydroxylation sites is 1. The van der Waals surface area contributed by atoms with Crippen LogP contribution in [0.4, 0.5) is 15.8 Å². The minimum atomic E-state index is -0.953. The lowest BCUT2D eigenvalue weighted by Gasteiger charge is -2.16. The molecule has 1 unspecified atom stereocenters. The molecule has 2 aromatic carbocycles. The van der Waals surface area contributed by atoms with E-state index in [-0.39, 0.29) is 11.5 Å². The van der Waals surface area contributed by atoms with Crippen molar-refractivity contribution in [2.24, 2.45) is 4.99 Å². The highest BCUT2D eigenvalue weighted by Gasteiger charge is 2.41. The number of nitrogens with one attached hydrogen (secondary N) is 1. The van der Waals surface area contributed by atoms with Crippen molar-refractivity contribution in [1.29, 1.82) is 0 Å². The summed E-state index contributed by atoms with van der Waals surface area (Å²) in [7, 11) is 0. The number of halogens is 2. The van der Waals surface area contributed by atoms with Crippen LogP contribution in [-0.2, 0) is 4.79 Å². The minimum absolute atomic E-state index is 0.0814. The summed E-state index contributed by atoms with van der Waals surface area (Å²) < 4.78 is 16.1. The van der Waals surface area contributed by atoms with Crippen LogP contribution in [0.1, 0.15) is 17.3 Å². The van der Waals surface area contributed by atoms with E-state index in [0.717, 1.165) is 10.6 Å². The molecule has 8 nitrogen and oxygen atoms in total. The van der Waals surface area contributed by atoms with E-state index < -0.39 is 17.8 Å². The number of amidine groups is 1. The Morgan fingerprint density at radius 2 is 1.94 bits per heavy atom. The van der Waals surface area contributed by atoms with Gasteiger partial charge in [-0.25, -0.2) is 29.3 Å². The third kappa shape index (κ3) is 3.27. The average Bonchev–Trinajstić information content (AvgIpc) is 3.32. The molecule has 1 saturated heterocycles. The number of aryl methyl sites for hydroxylation is 2. The molecule has 5 rings (SSSR count). The number of hydrogen-bond donors (Lipinski definition) is 1. The number of fused-ring (bicyclic) bond motifs is 1. The van der Waals surface area contributed by atoms with Crippen molar-refractivity contribution >= 4 is 45.9 Å². The summed E-state index contributed by atoms with van der Waals surface area (Å²) in [5.74, 6) is -0.720. The Morgan fingerprint density at radius 3 is 2.72 bits per heavy atom. The molecule has 10 heteroatoms. The van der Waals surface area contributed by atoms with Gasteiger partial charge >= 0.3 is 0 Å². The zero-order valence-corrected chi connectivity index (χ0v) is 17.9. The van der Waals surface area contributed by atoms with E-state index in [2.05, 4.69) is 25.4 Å². The van der Waals surface area contributed by atoms with E-state index >= 15 is 0 Å². The molecule has 2 aromatic heterocycles. The van der Waals surface area contributed by atoms with E-state index in [1.54, 1.807) is 28.8 Å². The molecule has 160 valence electrons. The van der Waals surface area contributed by atoms with Crippen LogP contribution in [0.5, 0.6) is 0 Å². The Labute approximate surface area is 187 Å². The maximum absolute atomic E-state index is 14.5. The highest BCUT2D eigenvalue weighted by molar-refractivity contribution is 6.33. The van der Waals surface area contributed by atoms with Crippen LogP contribution in [0.2, 0.25) is 5.02 Å². The molecule has 32 heavy (non-hydrogen) atoms. The van der Waals surface area contributed by atoms with Crippen LogP contribution in [0, 0.1) is 19.7 Å². The number of nitrogens with zero attached hydrogens (tertiary/aromatic N) is 6. The van der Waals surface area contributed by atoms with Gasteiger partial charge in [-0.05, 0) is 43.7 Å². The first-order valence-electron chi connectivity index (χ1n) is 9.78. The van der Waals surface area contributed by atoms with Crippen molar-refractivity contribution < 1.29 is 9.18 Å². The number of carbonyl (C=O) groups excluding carboxylic acids is 1. The highest BCUT2D eigenvalue weighted by atomic mass is 35.5. The van der Waals surface area contributed by atoms with Gasteiger partial charge in [0, 0.05) is 0 Å². The van der Waals surface area contributed by atoms with Crippen molar-refractivity contribution in [1.82, 2.24) is 24.9 Å². The topological polar surface area (TPSA) is 88.3 Å². The maximum atomic E-state index is 14.5. The first kappa shape index (κ1) is 20.1. The number of benzene rings is 2. The second kappa shape index (κ2) is 7.69. The fourth-order valence-electron chi connectivity index (χ4n) is 3.61. The summed E-state index contributed by atoms with van der Waals surface area (Å²) in [4.78, 5) is 31.0. The van der Waals surface area contributed by atoms with Gasteiger partial charge in [-0.15, -0.1) is 0 Å². The Kier molecular flexibility index (Phi) is 4.82. The third-order valence-electron chi connectivity index (χ3n) is 5.20. The van der Waals surface area contributed by atoms with Gasteiger partial charge in [-0.3, -0.25) is 14.8 Å². The van der Waals surface area contributed by atoms with Crippen LogP contribution < -0.4 is 10.4 Å². The second-order valence-electron chi connectivity index (χ2n) is 7.37. The van der Waals surface area contributed by atoms with Crippen LogP contribution in [-0.4, -0.2) is 31.3 Å². The fraction of sp³-hybridized carbons (Fsp3) is 0.136. The van der Waals surface area contributed by atoms with Crippen molar-refractivity contribution in [2.75, 3.05) is 5.01 Å². The molecule has 1 aliphatic heterocycles. The molecule has 0 saturated carbocycles. The molecule has 3 heterocycles. The van der Waals surface area contributed by atoms with Gasteiger partial charge in [0.25, 0.3) is 5.91 Å². The monoisotopic (exact) mass is 449 g/mol. The molecular weight excluding hydrogens is 433 g/mol. The molecule has 1 fully saturated rings. The predicted octanol–water partition coefficient (Wildman–Crippen LogP) is 4.06. The standard InChI is InChI=1S/C22H17ClFN7O/c1-12-7-8-16(14(23)9-12)28-20-19(30-11-27-18-13(2)25-10-26-21(18)30)22(32)31(29-20)17-6-4-3-5-15(17)24/h3-11,19H,1-2H3,(H,28,29). The van der Waals surface area contributed by atoms with Gasteiger partial charge in [-0.2, -0.15) is 0 Å². The Morgan fingerprint density at radius 1 is 1.12 bits per heavy atom. The van der Waals surface area contributed by atoms with E-state index in [0.29, 0.717) is 27.6 Å². The molecule has 0 aliphatic carbocycles. The number of hydrogen-bond acceptors (Lipinski definition) is 5. The number of anilines is 1. The summed E-state index contributed by atoms with van der Waals surface area (Å²) in [6.45, 7) is 3.73. The highest BCUT2D eigenvalue weighted by Crippen LogP contribution is 2.32. The van der Waals surface area contributed by atoms with Crippen LogP contribution in [0.3, 0.4) is 0 Å². The number of aromatic nitrogens is 4. The zero-order valence-electron chi connectivity index (χ0n) is 17.1. The van der Waals surface area contributed by atoms with Gasteiger partial charge in [-0.1, -0.05) is 29.8 Å². The number of aliphatic imine (C=N–C) groups is 1. The lowest BCUT2D eigenvalue weighted by molar-refractivity contribution is -0.119. The average molecular weight is 450 g/mol. The number of rotatable bonds is 3. The number of carbonyl (C=O) groups is 1. The number of hydrazine groups is 1. The van der Waals surface area contributed by atoms with Gasteiger partial charge in [0.2, 0.25) is 0 Å². The van der Waals surface area contributed by atoms with E-state index in [1.165, 1.54) is 24.8 Å². The zero-order chi connectivity index (χ0) is 22.4. The first-order chi connectivity index (χ1) is 15.4. The molecule has 1 amide bonds. The fourth-order valence-corrected chi connectivity index (χ4v) is 3.89. The SMILES string of the molecule is Cc1ccc(N=C2NN(c3ccccc3F)C(=O)C2n2cnc3c(C)ncnc32)c(Cl)c1. The summed E-state index contributed by atoms with van der Waals surface area (Å²) in [5, 5.41) is 1.57. The molecular formula is C22H17ClFN7O. The summed E-state index contributed by atoms with van der Waals surface area (Å²) in [5.41, 5.74) is 6.20. The predicted molar refractivity (Wildman–Crippen MR) is 119 cm³/mol. The van der Waals surface area contributed by atoms with E-state index in [9.17, 15) is 9.18 Å². The minimum Gasteiger partial charge on any atom is -0.295 e. The summed E-state index contributed by atoms with van der Waals surface area (Å²) in [6.07, 6.45) is 2.92. The molecule has 0 radical (unpaired) electrons. The third-order valence-corrected chi connectivity index (χ3v) is 5.50. The Bertz CT molecular complexity index is 1400. The lowest BCUT2D eigenvalue weighted by Crippen LogP contribution is -2.36. The largest absolute Gasteiger partial charge is 0.295 e. The maximum Gasteiger partial charge on any atom is 0.276 e. The van der Waals surface area contributed by atoms with Gasteiger partial charge in [0.15, 0.2) is 17.5 Å². The van der Waals surface area contributed by atoms with Crippen molar-refractivity contribution in [2.45, 2.75) is 19.9 Å². The van der Waals surface area contributed by atoms with Crippen molar-refractivity contribution in [3.8, 4) is 0 Å². The molecule has 4 aromatic rings. The normalized spacial score (nSPS) is 17.4. The van der Waals surface area contributed by atoms with E-state index in [4.69, 9.17) is 11.6 Å². The second-order valence-corrected chi connectivity index (χ2v) is 7.78. The van der Waals surface area contributed by atoms with Crippen LogP contribution in [0.25, 0.3) is 11.2 Å². The van der Waals surface area contributed by atoms with Gasteiger partial charge in [0.05, 0.1) is 22.7 Å².